The predicted octanol–water partition coefficient (Wildman–Crippen LogP) is 3.77. The molecule has 0 spiro atoms. The molecule has 2 N–H and O–H groups in total. The van der Waals surface area contributed by atoms with Crippen molar-refractivity contribution in [3.63, 3.8) is 0 Å². The second kappa shape index (κ2) is 8.70. The van der Waals surface area contributed by atoms with E-state index < -0.39 is 5.97 Å². The van der Waals surface area contributed by atoms with Gasteiger partial charge in [-0.2, -0.15) is 0 Å². The fourth-order valence-corrected chi connectivity index (χ4v) is 2.11. The van der Waals surface area contributed by atoms with Gasteiger partial charge in [0.1, 0.15) is 0 Å². The lowest BCUT2D eigenvalue weighted by Crippen LogP contribution is -2.31. The van der Waals surface area contributed by atoms with Crippen molar-refractivity contribution in [3.8, 4) is 0 Å². The number of amides is 1. The van der Waals surface area contributed by atoms with Gasteiger partial charge in [0.2, 0.25) is 5.91 Å². The molecule has 6 heteroatoms. The molecule has 0 saturated carbocycles. The summed E-state index contributed by atoms with van der Waals surface area (Å²) in [5.41, 5.74) is 0.665. The Balaban J connectivity index is 2.47. The van der Waals surface area contributed by atoms with Crippen LogP contribution in [0.1, 0.15) is 31.7 Å². The van der Waals surface area contributed by atoms with Gasteiger partial charge >= 0.3 is 5.97 Å². The summed E-state index contributed by atoms with van der Waals surface area (Å²) >= 11 is 11.9. The van der Waals surface area contributed by atoms with Crippen molar-refractivity contribution in [2.24, 2.45) is 0 Å². The molecule has 0 fully saturated rings. The van der Waals surface area contributed by atoms with Gasteiger partial charge in [-0.25, -0.2) is 0 Å². The lowest BCUT2D eigenvalue weighted by Gasteiger charge is -2.11. The minimum Gasteiger partial charge on any atom is -0.481 e. The first-order valence-corrected chi connectivity index (χ1v) is 7.30. The maximum Gasteiger partial charge on any atom is 0.303 e. The molecule has 21 heavy (non-hydrogen) atoms. The third kappa shape index (κ3) is 6.65. The smallest absolute Gasteiger partial charge is 0.303 e. The van der Waals surface area contributed by atoms with Crippen LogP contribution in [0, 0.1) is 0 Å². The second-order valence-electron chi connectivity index (χ2n) is 4.67. The summed E-state index contributed by atoms with van der Waals surface area (Å²) < 4.78 is 0. The first-order chi connectivity index (χ1) is 9.90. The van der Waals surface area contributed by atoms with Gasteiger partial charge < -0.3 is 10.4 Å². The zero-order valence-corrected chi connectivity index (χ0v) is 13.1. The van der Waals surface area contributed by atoms with E-state index in [0.717, 1.165) is 0 Å². The van der Waals surface area contributed by atoms with Gasteiger partial charge in [0.25, 0.3) is 0 Å². The van der Waals surface area contributed by atoms with E-state index >= 15 is 0 Å². The van der Waals surface area contributed by atoms with Crippen LogP contribution in [0.15, 0.2) is 24.3 Å². The van der Waals surface area contributed by atoms with Crippen LogP contribution in [0.2, 0.25) is 10.0 Å². The minimum atomic E-state index is -0.830. The standard InChI is InChI=1S/C15H17Cl2NO3/c1-10(4-2-7-14(20)21)18-13(19)9-8-11-5-3-6-12(16)15(11)17/h3,5-6,8-10H,2,4,7H2,1H3,(H,18,19)(H,20,21)/b9-8+. The first-order valence-electron chi connectivity index (χ1n) is 6.54. The van der Waals surface area contributed by atoms with Crippen LogP contribution >= 0.6 is 23.2 Å². The van der Waals surface area contributed by atoms with E-state index in [0.29, 0.717) is 28.5 Å². The molecule has 1 rings (SSSR count). The van der Waals surface area contributed by atoms with E-state index in [2.05, 4.69) is 5.32 Å². The minimum absolute atomic E-state index is 0.0867. The van der Waals surface area contributed by atoms with Crippen molar-refractivity contribution >= 4 is 41.2 Å². The van der Waals surface area contributed by atoms with Gasteiger partial charge in [0.05, 0.1) is 10.0 Å². The Morgan fingerprint density at radius 1 is 1.38 bits per heavy atom. The number of halogens is 2. The summed E-state index contributed by atoms with van der Waals surface area (Å²) in [6.45, 7) is 1.83. The molecule has 1 aromatic carbocycles. The predicted molar refractivity (Wildman–Crippen MR) is 84.6 cm³/mol. The molecule has 1 atom stereocenters. The lowest BCUT2D eigenvalue weighted by atomic mass is 10.1. The Hall–Kier alpha value is -1.52. The molecule has 0 aliphatic carbocycles. The Kier molecular flexibility index (Phi) is 7.26. The molecule has 0 aromatic heterocycles. The Labute approximate surface area is 133 Å². The van der Waals surface area contributed by atoms with Crippen LogP contribution in [0.25, 0.3) is 6.08 Å². The van der Waals surface area contributed by atoms with Gasteiger partial charge in [-0.3, -0.25) is 9.59 Å². The van der Waals surface area contributed by atoms with Crippen molar-refractivity contribution in [2.45, 2.75) is 32.2 Å². The van der Waals surface area contributed by atoms with Crippen molar-refractivity contribution in [1.82, 2.24) is 5.32 Å². The Morgan fingerprint density at radius 3 is 2.76 bits per heavy atom. The Morgan fingerprint density at radius 2 is 2.10 bits per heavy atom. The van der Waals surface area contributed by atoms with Gasteiger partial charge in [0, 0.05) is 18.5 Å². The Bertz CT molecular complexity index is 544. The zero-order valence-electron chi connectivity index (χ0n) is 11.6. The summed E-state index contributed by atoms with van der Waals surface area (Å²) in [7, 11) is 0. The van der Waals surface area contributed by atoms with E-state index in [1.807, 2.05) is 6.92 Å². The van der Waals surface area contributed by atoms with E-state index in [1.165, 1.54) is 6.08 Å². The number of carbonyl (C=O) groups is 2. The summed E-state index contributed by atoms with van der Waals surface area (Å²) in [5, 5.41) is 12.1. The molecular formula is C15H17Cl2NO3. The summed E-state index contributed by atoms with van der Waals surface area (Å²) in [6.07, 6.45) is 4.22. The molecular weight excluding hydrogens is 313 g/mol. The van der Waals surface area contributed by atoms with Crippen LogP contribution < -0.4 is 5.32 Å². The SMILES string of the molecule is CC(CCCC(=O)O)NC(=O)/C=C/c1cccc(Cl)c1Cl. The molecule has 1 aromatic rings. The monoisotopic (exact) mass is 329 g/mol. The molecule has 0 bridgehead atoms. The molecule has 0 radical (unpaired) electrons. The lowest BCUT2D eigenvalue weighted by molar-refractivity contribution is -0.137. The number of rotatable bonds is 7. The molecule has 0 heterocycles. The molecule has 0 aliphatic rings. The highest BCUT2D eigenvalue weighted by atomic mass is 35.5. The molecule has 1 unspecified atom stereocenters. The van der Waals surface area contributed by atoms with E-state index in [9.17, 15) is 9.59 Å². The van der Waals surface area contributed by atoms with E-state index in [4.69, 9.17) is 28.3 Å². The van der Waals surface area contributed by atoms with Crippen LogP contribution in [-0.2, 0) is 9.59 Å². The molecule has 0 aliphatic heterocycles. The number of hydrogen-bond acceptors (Lipinski definition) is 2. The van der Waals surface area contributed by atoms with Crippen LogP contribution in [0.4, 0.5) is 0 Å². The third-order valence-electron chi connectivity index (χ3n) is 2.81. The van der Waals surface area contributed by atoms with Gasteiger partial charge in [-0.15, -0.1) is 0 Å². The van der Waals surface area contributed by atoms with Crippen molar-refractivity contribution in [1.29, 1.82) is 0 Å². The van der Waals surface area contributed by atoms with Crippen molar-refractivity contribution in [2.75, 3.05) is 0 Å². The van der Waals surface area contributed by atoms with Gasteiger partial charge in [-0.05, 0) is 37.5 Å². The largest absolute Gasteiger partial charge is 0.481 e. The molecule has 4 nitrogen and oxygen atoms in total. The highest BCUT2D eigenvalue weighted by Crippen LogP contribution is 2.26. The quantitative estimate of drug-likeness (QED) is 0.748. The zero-order chi connectivity index (χ0) is 15.8. The second-order valence-corrected chi connectivity index (χ2v) is 5.46. The highest BCUT2D eigenvalue weighted by Gasteiger charge is 2.07. The summed E-state index contributed by atoms with van der Waals surface area (Å²) in [5.74, 6) is -1.09. The topological polar surface area (TPSA) is 66.4 Å². The van der Waals surface area contributed by atoms with Crippen molar-refractivity contribution in [3.05, 3.63) is 39.9 Å². The highest BCUT2D eigenvalue weighted by molar-refractivity contribution is 6.42. The van der Waals surface area contributed by atoms with Crippen LogP contribution in [-0.4, -0.2) is 23.0 Å². The average molecular weight is 330 g/mol. The maximum absolute atomic E-state index is 11.7. The fourth-order valence-electron chi connectivity index (χ4n) is 1.74. The molecule has 114 valence electrons. The number of hydrogen-bond donors (Lipinski definition) is 2. The van der Waals surface area contributed by atoms with Gasteiger partial charge in [0.15, 0.2) is 0 Å². The maximum atomic E-state index is 11.7. The van der Waals surface area contributed by atoms with Crippen LogP contribution in [0.5, 0.6) is 0 Å². The number of nitrogens with one attached hydrogen (secondary N) is 1. The molecule has 0 saturated heterocycles. The van der Waals surface area contributed by atoms with Crippen molar-refractivity contribution < 1.29 is 14.7 Å². The number of aliphatic carboxylic acids is 1. The summed E-state index contributed by atoms with van der Waals surface area (Å²) in [4.78, 5) is 22.1. The average Bonchev–Trinajstić information content (AvgIpc) is 2.40. The normalized spacial score (nSPS) is 12.3. The molecule has 1 amide bonds. The number of benzene rings is 1. The van der Waals surface area contributed by atoms with Crippen LogP contribution in [0.3, 0.4) is 0 Å². The fraction of sp³-hybridized carbons (Fsp3) is 0.333. The number of carboxylic acids is 1. The van der Waals surface area contributed by atoms with E-state index in [-0.39, 0.29) is 18.4 Å². The number of carboxylic acid groups (broad SMARTS) is 1. The van der Waals surface area contributed by atoms with E-state index in [1.54, 1.807) is 24.3 Å². The third-order valence-corrected chi connectivity index (χ3v) is 3.65. The summed E-state index contributed by atoms with van der Waals surface area (Å²) in [6, 6.07) is 5.09. The first kappa shape index (κ1) is 17.5. The van der Waals surface area contributed by atoms with Gasteiger partial charge in [-0.1, -0.05) is 35.3 Å². The number of carbonyl (C=O) groups excluding carboxylic acids is 1.